The van der Waals surface area contributed by atoms with Crippen LogP contribution in [0.3, 0.4) is 0 Å². The molecule has 1 amide bonds. The second kappa shape index (κ2) is 10.8. The molecule has 0 atom stereocenters. The number of benzene rings is 2. The maximum Gasteiger partial charge on any atom is 0.258 e. The number of hydrogen-bond donors (Lipinski definition) is 2. The van der Waals surface area contributed by atoms with Crippen LogP contribution in [0.5, 0.6) is 5.75 Å². The minimum atomic E-state index is -0.239. The molecule has 1 aliphatic heterocycles. The van der Waals surface area contributed by atoms with E-state index in [0.29, 0.717) is 23.8 Å². The first-order valence-corrected chi connectivity index (χ1v) is 10.2. The maximum absolute atomic E-state index is 12.8. The molecule has 0 unspecified atom stereocenters. The molecule has 0 aliphatic carbocycles. The highest BCUT2D eigenvalue weighted by Gasteiger charge is 2.13. The van der Waals surface area contributed by atoms with Crippen LogP contribution in [-0.2, 0) is 4.74 Å². The fourth-order valence-corrected chi connectivity index (χ4v) is 3.18. The summed E-state index contributed by atoms with van der Waals surface area (Å²) in [4.78, 5) is 19.8. The van der Waals surface area contributed by atoms with Gasteiger partial charge in [-0.2, -0.15) is 0 Å². The van der Waals surface area contributed by atoms with Crippen molar-refractivity contribution in [3.63, 3.8) is 0 Å². The molecule has 0 saturated carbocycles. The number of nitrogens with one attached hydrogen (secondary N) is 2. The van der Waals surface area contributed by atoms with Gasteiger partial charge in [-0.3, -0.25) is 20.0 Å². The topological polar surface area (TPSA) is 75.2 Å². The molecule has 2 aromatic rings. The van der Waals surface area contributed by atoms with Crippen LogP contribution >= 0.6 is 0 Å². The fraction of sp³-hybridized carbons (Fsp3) is 0.391. The molecule has 1 aliphatic rings. The molecule has 1 saturated heterocycles. The molecule has 1 heterocycles. The van der Waals surface area contributed by atoms with Crippen molar-refractivity contribution >= 4 is 17.6 Å². The quantitative estimate of drug-likeness (QED) is 0.566. The highest BCUT2D eigenvalue weighted by atomic mass is 16.5. The monoisotopic (exact) mass is 410 g/mol. The lowest BCUT2D eigenvalue weighted by atomic mass is 10.1. The smallest absolute Gasteiger partial charge is 0.258 e. The summed E-state index contributed by atoms with van der Waals surface area (Å²) in [6, 6.07) is 13.2. The van der Waals surface area contributed by atoms with Gasteiger partial charge in [-0.25, -0.2) is 0 Å². The largest absolute Gasteiger partial charge is 0.497 e. The standard InChI is InChI=1S/C23H30N4O3/c1-17-7-8-18(2)21(15-17)25-23(24-9-10-27-11-13-30-14-12-27)26-22(28)19-5-4-6-20(16-19)29-3/h4-8,15-16H,9-14H2,1-3H3,(H2,24,25,26,28). The molecule has 2 aromatic carbocycles. The van der Waals surface area contributed by atoms with Gasteiger partial charge in [0.15, 0.2) is 0 Å². The average Bonchev–Trinajstić information content (AvgIpc) is 2.77. The fourth-order valence-electron chi connectivity index (χ4n) is 3.18. The molecule has 2 N–H and O–H groups in total. The van der Waals surface area contributed by atoms with Crippen LogP contribution in [0.25, 0.3) is 0 Å². The Morgan fingerprint density at radius 2 is 1.97 bits per heavy atom. The third-order valence-corrected chi connectivity index (χ3v) is 5.00. The van der Waals surface area contributed by atoms with Crippen LogP contribution in [0.15, 0.2) is 47.5 Å². The number of ether oxygens (including phenoxy) is 2. The van der Waals surface area contributed by atoms with Crippen LogP contribution in [0, 0.1) is 13.8 Å². The van der Waals surface area contributed by atoms with Gasteiger partial charge >= 0.3 is 0 Å². The molecule has 160 valence electrons. The van der Waals surface area contributed by atoms with Crippen molar-refractivity contribution < 1.29 is 14.3 Å². The van der Waals surface area contributed by atoms with Gasteiger partial charge in [-0.15, -0.1) is 0 Å². The number of rotatable bonds is 6. The minimum Gasteiger partial charge on any atom is -0.497 e. The van der Waals surface area contributed by atoms with Crippen molar-refractivity contribution in [2.45, 2.75) is 13.8 Å². The van der Waals surface area contributed by atoms with Crippen LogP contribution in [0.2, 0.25) is 0 Å². The number of anilines is 1. The first-order chi connectivity index (χ1) is 14.5. The second-order valence-corrected chi connectivity index (χ2v) is 7.31. The maximum atomic E-state index is 12.8. The Labute approximate surface area is 178 Å². The van der Waals surface area contributed by atoms with Gasteiger partial charge in [-0.05, 0) is 49.2 Å². The SMILES string of the molecule is COc1cccc(C(=O)NC(=NCCN2CCOCC2)Nc2cc(C)ccc2C)c1. The number of hydrogen-bond acceptors (Lipinski definition) is 5. The number of nitrogens with zero attached hydrogens (tertiary/aromatic N) is 2. The third kappa shape index (κ3) is 6.30. The first kappa shape index (κ1) is 21.8. The summed E-state index contributed by atoms with van der Waals surface area (Å²) in [5, 5.41) is 6.22. The zero-order valence-electron chi connectivity index (χ0n) is 17.9. The lowest BCUT2D eigenvalue weighted by Crippen LogP contribution is -2.39. The predicted molar refractivity (Wildman–Crippen MR) is 120 cm³/mol. The summed E-state index contributed by atoms with van der Waals surface area (Å²) < 4.78 is 10.6. The van der Waals surface area contributed by atoms with Crippen molar-refractivity contribution in [1.82, 2.24) is 10.2 Å². The van der Waals surface area contributed by atoms with Gasteiger partial charge in [0.25, 0.3) is 5.91 Å². The van der Waals surface area contributed by atoms with Crippen molar-refractivity contribution in [1.29, 1.82) is 0 Å². The normalized spacial score (nSPS) is 15.0. The second-order valence-electron chi connectivity index (χ2n) is 7.31. The first-order valence-electron chi connectivity index (χ1n) is 10.2. The highest BCUT2D eigenvalue weighted by molar-refractivity contribution is 6.10. The van der Waals surface area contributed by atoms with E-state index in [9.17, 15) is 4.79 Å². The Hall–Kier alpha value is -2.90. The molecule has 0 bridgehead atoms. The Balaban J connectivity index is 1.74. The molecule has 30 heavy (non-hydrogen) atoms. The van der Waals surface area contributed by atoms with E-state index in [0.717, 1.165) is 49.7 Å². The van der Waals surface area contributed by atoms with E-state index >= 15 is 0 Å². The summed E-state index contributed by atoms with van der Waals surface area (Å²) in [6.07, 6.45) is 0. The number of aliphatic imine (C=N–C) groups is 1. The van der Waals surface area contributed by atoms with E-state index in [-0.39, 0.29) is 5.91 Å². The number of morpholine rings is 1. The van der Waals surface area contributed by atoms with E-state index in [4.69, 9.17) is 9.47 Å². The Bertz CT molecular complexity index is 892. The zero-order chi connectivity index (χ0) is 21.3. The van der Waals surface area contributed by atoms with E-state index in [1.54, 1.807) is 25.3 Å². The third-order valence-electron chi connectivity index (χ3n) is 5.00. The van der Waals surface area contributed by atoms with Crippen LogP contribution in [-0.4, -0.2) is 63.3 Å². The van der Waals surface area contributed by atoms with Crippen molar-refractivity contribution in [2.24, 2.45) is 4.99 Å². The summed E-state index contributed by atoms with van der Waals surface area (Å²) >= 11 is 0. The number of methoxy groups -OCH3 is 1. The molecule has 1 fully saturated rings. The number of carbonyl (C=O) groups is 1. The summed E-state index contributed by atoms with van der Waals surface area (Å²) in [7, 11) is 1.58. The Kier molecular flexibility index (Phi) is 7.82. The molecule has 7 nitrogen and oxygen atoms in total. The molecule has 3 rings (SSSR count). The van der Waals surface area contributed by atoms with Gasteiger partial charge in [0.1, 0.15) is 5.75 Å². The van der Waals surface area contributed by atoms with Crippen LogP contribution in [0.1, 0.15) is 21.5 Å². The van der Waals surface area contributed by atoms with E-state index in [1.807, 2.05) is 32.0 Å². The molecular weight excluding hydrogens is 380 g/mol. The Morgan fingerprint density at radius 1 is 1.17 bits per heavy atom. The van der Waals surface area contributed by atoms with Gasteiger partial charge in [0.2, 0.25) is 5.96 Å². The number of carbonyl (C=O) groups excluding carboxylic acids is 1. The molecule has 0 radical (unpaired) electrons. The number of amides is 1. The highest BCUT2D eigenvalue weighted by Crippen LogP contribution is 2.17. The van der Waals surface area contributed by atoms with E-state index in [2.05, 4.69) is 26.6 Å². The van der Waals surface area contributed by atoms with Crippen molar-refractivity contribution in [3.05, 3.63) is 59.2 Å². The summed E-state index contributed by atoms with van der Waals surface area (Å²) in [6.45, 7) is 8.78. The molecule has 7 heteroatoms. The molecule has 0 spiro atoms. The Morgan fingerprint density at radius 3 is 2.73 bits per heavy atom. The van der Waals surface area contributed by atoms with Gasteiger partial charge in [0.05, 0.1) is 26.9 Å². The van der Waals surface area contributed by atoms with Crippen LogP contribution < -0.4 is 15.4 Å². The lowest BCUT2D eigenvalue weighted by Gasteiger charge is -2.25. The van der Waals surface area contributed by atoms with E-state index < -0.39 is 0 Å². The summed E-state index contributed by atoms with van der Waals surface area (Å²) in [5.41, 5.74) is 3.65. The molecule has 0 aromatic heterocycles. The minimum absolute atomic E-state index is 0.239. The van der Waals surface area contributed by atoms with Crippen molar-refractivity contribution in [3.8, 4) is 5.75 Å². The van der Waals surface area contributed by atoms with E-state index in [1.165, 1.54) is 0 Å². The summed E-state index contributed by atoms with van der Waals surface area (Å²) in [5.74, 6) is 0.831. The predicted octanol–water partition coefficient (Wildman–Crippen LogP) is 2.84. The van der Waals surface area contributed by atoms with Crippen molar-refractivity contribution in [2.75, 3.05) is 51.8 Å². The number of aryl methyl sites for hydroxylation is 2. The molecular formula is C23H30N4O3. The lowest BCUT2D eigenvalue weighted by molar-refractivity contribution is 0.0394. The van der Waals surface area contributed by atoms with Gasteiger partial charge in [0, 0.05) is 30.9 Å². The van der Waals surface area contributed by atoms with Gasteiger partial charge in [-0.1, -0.05) is 18.2 Å². The average molecular weight is 411 g/mol. The van der Waals surface area contributed by atoms with Crippen LogP contribution in [0.4, 0.5) is 5.69 Å². The number of guanidine groups is 1. The zero-order valence-corrected chi connectivity index (χ0v) is 17.9. The van der Waals surface area contributed by atoms with Gasteiger partial charge < -0.3 is 14.8 Å².